The molecule has 0 spiro atoms. The Morgan fingerprint density at radius 1 is 0.950 bits per heavy atom. The molecule has 0 heterocycles. The van der Waals surface area contributed by atoms with Gasteiger partial charge in [-0.2, -0.15) is 0 Å². The Kier molecular flexibility index (Phi) is 4.45. The molecule has 1 atom stereocenters. The van der Waals surface area contributed by atoms with Gasteiger partial charge in [0.05, 0.1) is 14.2 Å². The minimum absolute atomic E-state index is 0.0697. The molecule has 0 bridgehead atoms. The minimum atomic E-state index is -0.241. The van der Waals surface area contributed by atoms with Gasteiger partial charge in [-0.15, -0.1) is 0 Å². The van der Waals surface area contributed by atoms with E-state index in [0.29, 0.717) is 11.5 Å². The predicted molar refractivity (Wildman–Crippen MR) is 78.0 cm³/mol. The molecule has 1 unspecified atom stereocenters. The maximum Gasteiger partial charge on any atom is 0.161 e. The highest BCUT2D eigenvalue weighted by atomic mass is 19.1. The van der Waals surface area contributed by atoms with Gasteiger partial charge in [0.1, 0.15) is 5.82 Å². The summed E-state index contributed by atoms with van der Waals surface area (Å²) in [6.07, 6.45) is 0. The van der Waals surface area contributed by atoms with Crippen LogP contribution >= 0.6 is 0 Å². The second-order valence-corrected chi connectivity index (χ2v) is 4.49. The van der Waals surface area contributed by atoms with Gasteiger partial charge in [0, 0.05) is 11.7 Å². The molecular formula is C16H18FNO2. The van der Waals surface area contributed by atoms with Crippen LogP contribution in [-0.2, 0) is 0 Å². The van der Waals surface area contributed by atoms with E-state index in [9.17, 15) is 4.39 Å². The highest BCUT2D eigenvalue weighted by Gasteiger charge is 2.10. The van der Waals surface area contributed by atoms with Crippen molar-refractivity contribution in [1.82, 2.24) is 0 Å². The summed E-state index contributed by atoms with van der Waals surface area (Å²) in [6, 6.07) is 12.1. The predicted octanol–water partition coefficient (Wildman–Crippen LogP) is 4.02. The first kappa shape index (κ1) is 14.2. The summed E-state index contributed by atoms with van der Waals surface area (Å²) in [5, 5.41) is 3.31. The van der Waals surface area contributed by atoms with Gasteiger partial charge in [-0.1, -0.05) is 6.07 Å². The van der Waals surface area contributed by atoms with E-state index in [1.165, 1.54) is 12.1 Å². The van der Waals surface area contributed by atoms with Crippen molar-refractivity contribution in [2.45, 2.75) is 13.0 Å². The summed E-state index contributed by atoms with van der Waals surface area (Å²) in [6.45, 7) is 2.03. The molecule has 3 nitrogen and oxygen atoms in total. The monoisotopic (exact) mass is 275 g/mol. The minimum Gasteiger partial charge on any atom is -0.493 e. The van der Waals surface area contributed by atoms with E-state index in [-0.39, 0.29) is 11.9 Å². The number of methoxy groups -OCH3 is 2. The number of halogens is 1. The summed E-state index contributed by atoms with van der Waals surface area (Å²) in [4.78, 5) is 0. The van der Waals surface area contributed by atoms with E-state index < -0.39 is 0 Å². The Morgan fingerprint density at radius 3 is 2.20 bits per heavy atom. The van der Waals surface area contributed by atoms with Gasteiger partial charge >= 0.3 is 0 Å². The van der Waals surface area contributed by atoms with Crippen LogP contribution in [0.2, 0.25) is 0 Å². The molecular weight excluding hydrogens is 257 g/mol. The van der Waals surface area contributed by atoms with Crippen LogP contribution in [0.1, 0.15) is 18.5 Å². The van der Waals surface area contributed by atoms with Crippen LogP contribution in [0.3, 0.4) is 0 Å². The van der Waals surface area contributed by atoms with Gasteiger partial charge < -0.3 is 14.8 Å². The Balaban J connectivity index is 2.16. The third-order valence-corrected chi connectivity index (χ3v) is 3.13. The molecule has 1 N–H and O–H groups in total. The molecule has 0 aliphatic rings. The fourth-order valence-electron chi connectivity index (χ4n) is 2.00. The summed E-state index contributed by atoms with van der Waals surface area (Å²) in [7, 11) is 3.22. The summed E-state index contributed by atoms with van der Waals surface area (Å²) >= 11 is 0. The van der Waals surface area contributed by atoms with Crippen LogP contribution in [0, 0.1) is 5.82 Å². The molecule has 0 saturated carbocycles. The smallest absolute Gasteiger partial charge is 0.161 e. The highest BCUT2D eigenvalue weighted by molar-refractivity contribution is 5.48. The standard InChI is InChI=1S/C16H18FNO2/c1-11(18-14-7-5-13(17)6-8-14)12-4-9-15(19-2)16(10-12)20-3/h4-11,18H,1-3H3. The molecule has 2 aromatic carbocycles. The molecule has 0 fully saturated rings. The quantitative estimate of drug-likeness (QED) is 0.894. The molecule has 0 aliphatic carbocycles. The zero-order valence-corrected chi connectivity index (χ0v) is 11.8. The van der Waals surface area contributed by atoms with Gasteiger partial charge in [0.25, 0.3) is 0 Å². The molecule has 0 aliphatic heterocycles. The molecule has 4 heteroatoms. The molecule has 2 aromatic rings. The molecule has 0 aromatic heterocycles. The fraction of sp³-hybridized carbons (Fsp3) is 0.250. The van der Waals surface area contributed by atoms with E-state index in [2.05, 4.69) is 5.32 Å². The van der Waals surface area contributed by atoms with Crippen LogP contribution < -0.4 is 14.8 Å². The summed E-state index contributed by atoms with van der Waals surface area (Å²) < 4.78 is 23.4. The lowest BCUT2D eigenvalue weighted by atomic mass is 10.1. The molecule has 2 rings (SSSR count). The molecule has 20 heavy (non-hydrogen) atoms. The average Bonchev–Trinajstić information content (AvgIpc) is 2.48. The van der Waals surface area contributed by atoms with Gasteiger partial charge in [0.15, 0.2) is 11.5 Å². The van der Waals surface area contributed by atoms with Crippen molar-refractivity contribution in [2.24, 2.45) is 0 Å². The van der Waals surface area contributed by atoms with Crippen molar-refractivity contribution in [2.75, 3.05) is 19.5 Å². The van der Waals surface area contributed by atoms with Crippen LogP contribution in [0.5, 0.6) is 11.5 Å². The molecule has 106 valence electrons. The lowest BCUT2D eigenvalue weighted by molar-refractivity contribution is 0.354. The van der Waals surface area contributed by atoms with Crippen molar-refractivity contribution < 1.29 is 13.9 Å². The van der Waals surface area contributed by atoms with Gasteiger partial charge in [0.2, 0.25) is 0 Å². The Hall–Kier alpha value is -2.23. The van der Waals surface area contributed by atoms with Crippen molar-refractivity contribution >= 4 is 5.69 Å². The SMILES string of the molecule is COc1ccc(C(C)Nc2ccc(F)cc2)cc1OC. The maximum atomic E-state index is 12.9. The molecule has 0 amide bonds. The summed E-state index contributed by atoms with van der Waals surface area (Å²) in [5.41, 5.74) is 1.93. The van der Waals surface area contributed by atoms with Crippen LogP contribution in [0.4, 0.5) is 10.1 Å². The number of rotatable bonds is 5. The normalized spacial score (nSPS) is 11.8. The second kappa shape index (κ2) is 6.28. The number of nitrogens with one attached hydrogen (secondary N) is 1. The largest absolute Gasteiger partial charge is 0.493 e. The zero-order chi connectivity index (χ0) is 14.5. The van der Waals surface area contributed by atoms with Crippen molar-refractivity contribution in [3.05, 3.63) is 53.8 Å². The van der Waals surface area contributed by atoms with E-state index in [1.807, 2.05) is 25.1 Å². The first-order valence-corrected chi connectivity index (χ1v) is 6.38. The molecule has 0 radical (unpaired) electrons. The van der Waals surface area contributed by atoms with Crippen molar-refractivity contribution in [1.29, 1.82) is 0 Å². The Labute approximate surface area is 118 Å². The zero-order valence-electron chi connectivity index (χ0n) is 11.8. The van der Waals surface area contributed by atoms with Gasteiger partial charge in [-0.05, 0) is 48.9 Å². The third-order valence-electron chi connectivity index (χ3n) is 3.13. The summed E-state index contributed by atoms with van der Waals surface area (Å²) in [5.74, 6) is 1.15. The number of hydrogen-bond donors (Lipinski definition) is 1. The fourth-order valence-corrected chi connectivity index (χ4v) is 2.00. The Bertz CT molecular complexity index is 569. The van der Waals surface area contributed by atoms with E-state index >= 15 is 0 Å². The maximum absolute atomic E-state index is 12.9. The number of anilines is 1. The second-order valence-electron chi connectivity index (χ2n) is 4.49. The molecule has 0 saturated heterocycles. The lowest BCUT2D eigenvalue weighted by Gasteiger charge is -2.17. The van der Waals surface area contributed by atoms with E-state index in [0.717, 1.165) is 11.3 Å². The lowest BCUT2D eigenvalue weighted by Crippen LogP contribution is -2.07. The van der Waals surface area contributed by atoms with E-state index in [4.69, 9.17) is 9.47 Å². The average molecular weight is 275 g/mol. The number of benzene rings is 2. The first-order valence-electron chi connectivity index (χ1n) is 6.38. The van der Waals surface area contributed by atoms with Gasteiger partial charge in [-0.3, -0.25) is 0 Å². The van der Waals surface area contributed by atoms with E-state index in [1.54, 1.807) is 26.4 Å². The van der Waals surface area contributed by atoms with Crippen LogP contribution in [0.15, 0.2) is 42.5 Å². The number of ether oxygens (including phenoxy) is 2. The first-order chi connectivity index (χ1) is 9.63. The van der Waals surface area contributed by atoms with Gasteiger partial charge in [-0.25, -0.2) is 4.39 Å². The van der Waals surface area contributed by atoms with Crippen LogP contribution in [0.25, 0.3) is 0 Å². The Morgan fingerprint density at radius 2 is 1.60 bits per heavy atom. The van der Waals surface area contributed by atoms with Crippen molar-refractivity contribution in [3.8, 4) is 11.5 Å². The highest BCUT2D eigenvalue weighted by Crippen LogP contribution is 2.30. The van der Waals surface area contributed by atoms with Crippen LogP contribution in [-0.4, -0.2) is 14.2 Å². The third kappa shape index (κ3) is 3.20. The topological polar surface area (TPSA) is 30.5 Å². The van der Waals surface area contributed by atoms with Crippen molar-refractivity contribution in [3.63, 3.8) is 0 Å². The number of hydrogen-bond acceptors (Lipinski definition) is 3.